The van der Waals surface area contributed by atoms with Crippen molar-refractivity contribution < 1.29 is 9.84 Å². The summed E-state index contributed by atoms with van der Waals surface area (Å²) in [7, 11) is 0. The smallest absolute Gasteiger partial charge is 0.145 e. The van der Waals surface area contributed by atoms with E-state index in [1.54, 1.807) is 12.4 Å². The van der Waals surface area contributed by atoms with Gasteiger partial charge in [0.05, 0.1) is 12.8 Å². The second-order valence-electron chi connectivity index (χ2n) is 5.92. The first-order valence-corrected chi connectivity index (χ1v) is 8.32. The third kappa shape index (κ3) is 4.66. The van der Waals surface area contributed by atoms with Crippen LogP contribution in [0.15, 0.2) is 67.0 Å². The van der Waals surface area contributed by atoms with Crippen molar-refractivity contribution >= 4 is 0 Å². The molecule has 0 aliphatic carbocycles. The molecule has 0 amide bonds. The molecule has 128 valence electrons. The molecule has 0 unspecified atom stereocenters. The van der Waals surface area contributed by atoms with Gasteiger partial charge in [0.15, 0.2) is 0 Å². The molecule has 0 saturated heterocycles. The molecular weight excluding hydrogens is 312 g/mol. The number of aromatic nitrogens is 1. The number of aliphatic hydroxyl groups is 1. The molecule has 0 bridgehead atoms. The van der Waals surface area contributed by atoms with E-state index in [0.717, 1.165) is 41.3 Å². The molecule has 2 aromatic carbocycles. The number of hydrogen-bond acceptors (Lipinski definition) is 4. The Hall–Kier alpha value is -2.69. The molecular formula is C21H22N2O2. The number of nitrogens with one attached hydrogen (secondary N) is 1. The van der Waals surface area contributed by atoms with Crippen LogP contribution < -0.4 is 10.1 Å². The van der Waals surface area contributed by atoms with Crippen LogP contribution in [0.25, 0.3) is 0 Å². The van der Waals surface area contributed by atoms with Gasteiger partial charge in [-0.05, 0) is 47.4 Å². The van der Waals surface area contributed by atoms with E-state index in [4.69, 9.17) is 4.74 Å². The molecule has 1 aromatic heterocycles. The molecule has 0 atom stereocenters. The van der Waals surface area contributed by atoms with Gasteiger partial charge < -0.3 is 15.2 Å². The zero-order valence-corrected chi connectivity index (χ0v) is 14.3. The van der Waals surface area contributed by atoms with Crippen molar-refractivity contribution in [2.24, 2.45) is 0 Å². The fourth-order valence-corrected chi connectivity index (χ4v) is 2.70. The van der Waals surface area contributed by atoms with Crippen LogP contribution in [-0.2, 0) is 19.7 Å². The highest BCUT2D eigenvalue weighted by atomic mass is 16.5. The minimum absolute atomic E-state index is 0.0668. The maximum Gasteiger partial charge on any atom is 0.145 e. The van der Waals surface area contributed by atoms with Crippen LogP contribution in [0.4, 0.5) is 0 Å². The summed E-state index contributed by atoms with van der Waals surface area (Å²) in [5, 5.41) is 12.8. The Morgan fingerprint density at radius 2 is 1.84 bits per heavy atom. The first-order chi connectivity index (χ1) is 12.3. The molecule has 0 fully saturated rings. The largest absolute Gasteiger partial charge is 0.455 e. The summed E-state index contributed by atoms with van der Waals surface area (Å²) in [5.74, 6) is 1.57. The fourth-order valence-electron chi connectivity index (χ4n) is 2.70. The molecule has 3 rings (SSSR count). The maximum atomic E-state index is 9.38. The quantitative estimate of drug-likeness (QED) is 0.686. The molecule has 3 aromatic rings. The Kier molecular flexibility index (Phi) is 5.77. The normalized spacial score (nSPS) is 10.6. The first kappa shape index (κ1) is 17.1. The number of nitrogens with zero attached hydrogens (tertiary/aromatic N) is 1. The zero-order valence-electron chi connectivity index (χ0n) is 14.3. The molecule has 4 heteroatoms. The average molecular weight is 334 g/mol. The van der Waals surface area contributed by atoms with E-state index < -0.39 is 0 Å². The van der Waals surface area contributed by atoms with Crippen LogP contribution >= 0.6 is 0 Å². The van der Waals surface area contributed by atoms with Crippen molar-refractivity contribution in [3.05, 3.63) is 89.2 Å². The third-order valence-corrected chi connectivity index (χ3v) is 4.03. The zero-order chi connectivity index (χ0) is 17.5. The predicted octanol–water partition coefficient (Wildman–Crippen LogP) is 3.96. The van der Waals surface area contributed by atoms with E-state index >= 15 is 0 Å². The maximum absolute atomic E-state index is 9.38. The van der Waals surface area contributed by atoms with Crippen LogP contribution in [0.2, 0.25) is 0 Å². The van der Waals surface area contributed by atoms with E-state index in [9.17, 15) is 5.11 Å². The highest BCUT2D eigenvalue weighted by Crippen LogP contribution is 2.25. The van der Waals surface area contributed by atoms with Gasteiger partial charge in [-0.1, -0.05) is 36.4 Å². The lowest BCUT2D eigenvalue weighted by Gasteiger charge is -2.12. The second-order valence-corrected chi connectivity index (χ2v) is 5.92. The summed E-state index contributed by atoms with van der Waals surface area (Å²) in [6.07, 6.45) is 3.43. The number of pyridine rings is 1. The van der Waals surface area contributed by atoms with Gasteiger partial charge in [0.2, 0.25) is 0 Å². The fraction of sp³-hybridized carbons (Fsp3) is 0.190. The van der Waals surface area contributed by atoms with Gasteiger partial charge in [-0.2, -0.15) is 0 Å². The molecule has 0 radical (unpaired) electrons. The average Bonchev–Trinajstić information content (AvgIpc) is 2.65. The van der Waals surface area contributed by atoms with Crippen molar-refractivity contribution in [3.63, 3.8) is 0 Å². The summed E-state index contributed by atoms with van der Waals surface area (Å²) in [5.41, 5.74) is 4.36. The van der Waals surface area contributed by atoms with Gasteiger partial charge in [-0.3, -0.25) is 4.98 Å². The summed E-state index contributed by atoms with van der Waals surface area (Å²) >= 11 is 0. The standard InChI is InChI=1S/C21H22N2O2/c1-16-11-17(8-9-21(16)25-20-7-4-10-22-14-20)12-23-13-18-5-2-3-6-19(18)15-24/h2-11,14,23-24H,12-13,15H2,1H3. The molecule has 1 heterocycles. The highest BCUT2D eigenvalue weighted by Gasteiger charge is 2.04. The van der Waals surface area contributed by atoms with E-state index in [-0.39, 0.29) is 6.61 Å². The lowest BCUT2D eigenvalue weighted by Crippen LogP contribution is -2.14. The van der Waals surface area contributed by atoms with E-state index in [1.165, 1.54) is 5.56 Å². The summed E-state index contributed by atoms with van der Waals surface area (Å²) in [6, 6.07) is 17.8. The van der Waals surface area contributed by atoms with Crippen molar-refractivity contribution in [2.75, 3.05) is 0 Å². The third-order valence-electron chi connectivity index (χ3n) is 4.03. The monoisotopic (exact) mass is 334 g/mol. The van der Waals surface area contributed by atoms with E-state index in [0.29, 0.717) is 0 Å². The van der Waals surface area contributed by atoms with Crippen molar-refractivity contribution in [1.29, 1.82) is 0 Å². The van der Waals surface area contributed by atoms with Gasteiger partial charge in [0.25, 0.3) is 0 Å². The van der Waals surface area contributed by atoms with Gasteiger partial charge in [-0.15, -0.1) is 0 Å². The van der Waals surface area contributed by atoms with E-state index in [1.807, 2.05) is 49.4 Å². The van der Waals surface area contributed by atoms with Crippen LogP contribution in [0.1, 0.15) is 22.3 Å². The molecule has 0 aliphatic heterocycles. The Morgan fingerprint density at radius 1 is 1.00 bits per heavy atom. The first-order valence-electron chi connectivity index (χ1n) is 8.32. The second kappa shape index (κ2) is 8.42. The Labute approximate surface area is 148 Å². The number of ether oxygens (including phenoxy) is 1. The minimum atomic E-state index is 0.0668. The summed E-state index contributed by atoms with van der Waals surface area (Å²) < 4.78 is 5.86. The lowest BCUT2D eigenvalue weighted by molar-refractivity contribution is 0.280. The molecule has 0 aliphatic rings. The van der Waals surface area contributed by atoms with E-state index in [2.05, 4.69) is 22.4 Å². The van der Waals surface area contributed by atoms with Crippen molar-refractivity contribution in [2.45, 2.75) is 26.6 Å². The molecule has 25 heavy (non-hydrogen) atoms. The van der Waals surface area contributed by atoms with Crippen LogP contribution in [0.5, 0.6) is 11.5 Å². The van der Waals surface area contributed by atoms with Crippen LogP contribution in [0.3, 0.4) is 0 Å². The summed E-state index contributed by atoms with van der Waals surface area (Å²) in [6.45, 7) is 3.59. The van der Waals surface area contributed by atoms with Crippen LogP contribution in [0, 0.1) is 6.92 Å². The number of rotatable bonds is 7. The number of aryl methyl sites for hydroxylation is 1. The molecule has 4 nitrogen and oxygen atoms in total. The highest BCUT2D eigenvalue weighted by molar-refractivity contribution is 5.39. The summed E-state index contributed by atoms with van der Waals surface area (Å²) in [4.78, 5) is 4.06. The lowest BCUT2D eigenvalue weighted by atomic mass is 10.1. The molecule has 0 spiro atoms. The van der Waals surface area contributed by atoms with Gasteiger partial charge in [-0.25, -0.2) is 0 Å². The number of aliphatic hydroxyl groups excluding tert-OH is 1. The van der Waals surface area contributed by atoms with Crippen molar-refractivity contribution in [3.8, 4) is 11.5 Å². The van der Waals surface area contributed by atoms with Crippen molar-refractivity contribution in [1.82, 2.24) is 10.3 Å². The molecule has 2 N–H and O–H groups in total. The van der Waals surface area contributed by atoms with Crippen LogP contribution in [-0.4, -0.2) is 10.1 Å². The number of benzene rings is 2. The Bertz CT molecular complexity index is 819. The van der Waals surface area contributed by atoms with Gasteiger partial charge in [0.1, 0.15) is 11.5 Å². The Morgan fingerprint density at radius 3 is 2.56 bits per heavy atom. The SMILES string of the molecule is Cc1cc(CNCc2ccccc2CO)ccc1Oc1cccnc1. The van der Waals surface area contributed by atoms with Gasteiger partial charge >= 0.3 is 0 Å². The predicted molar refractivity (Wildman–Crippen MR) is 98.4 cm³/mol. The number of hydrogen-bond donors (Lipinski definition) is 2. The topological polar surface area (TPSA) is 54.4 Å². The Balaban J connectivity index is 1.59. The van der Waals surface area contributed by atoms with Gasteiger partial charge in [0, 0.05) is 19.3 Å². The molecule has 0 saturated carbocycles. The minimum Gasteiger partial charge on any atom is -0.455 e.